The molecule has 0 fully saturated rings. The van der Waals surface area contributed by atoms with Crippen LogP contribution in [0.1, 0.15) is 104 Å². The van der Waals surface area contributed by atoms with E-state index in [1.165, 1.54) is 77.0 Å². The zero-order valence-electron chi connectivity index (χ0n) is 17.3. The molecule has 0 aromatic rings. The molecule has 0 aromatic carbocycles. The third-order valence-electron chi connectivity index (χ3n) is 5.21. The average Bonchev–Trinajstić information content (AvgIpc) is 2.67. The Morgan fingerprint density at radius 1 is 0.769 bits per heavy atom. The first-order chi connectivity index (χ1) is 12.7. The zero-order chi connectivity index (χ0) is 18.9. The van der Waals surface area contributed by atoms with Gasteiger partial charge in [0.1, 0.15) is 6.26 Å². The molecule has 0 atom stereocenters. The van der Waals surface area contributed by atoms with E-state index in [0.29, 0.717) is 5.50 Å². The first-order valence-electron chi connectivity index (χ1n) is 11.1. The van der Waals surface area contributed by atoms with Crippen LogP contribution < -0.4 is 5.32 Å². The lowest BCUT2D eigenvalue weighted by Gasteiger charge is -2.22. The van der Waals surface area contributed by atoms with Gasteiger partial charge in [0.05, 0.1) is 0 Å². The van der Waals surface area contributed by atoms with Gasteiger partial charge in [0.15, 0.2) is 12.6 Å². The Morgan fingerprint density at radius 3 is 1.65 bits per heavy atom. The Balaban J connectivity index is 2.32. The van der Waals surface area contributed by atoms with Crippen LogP contribution in [0, 0.1) is 0 Å². The summed E-state index contributed by atoms with van der Waals surface area (Å²) < 4.78 is 19.2. The maximum atomic E-state index is 13.6. The Morgan fingerprint density at radius 2 is 1.23 bits per heavy atom. The molecular formula is C22H42NO2P. The highest BCUT2D eigenvalue weighted by Crippen LogP contribution is 2.56. The van der Waals surface area contributed by atoms with Gasteiger partial charge in [-0.05, 0) is 12.8 Å². The van der Waals surface area contributed by atoms with Crippen molar-refractivity contribution < 1.29 is 9.30 Å². The van der Waals surface area contributed by atoms with Crippen molar-refractivity contribution in [3.8, 4) is 0 Å². The Kier molecular flexibility index (Phi) is 13.8. The van der Waals surface area contributed by atoms with E-state index < -0.39 is 7.14 Å². The summed E-state index contributed by atoms with van der Waals surface area (Å²) in [4.78, 5) is 0. The van der Waals surface area contributed by atoms with Crippen molar-refractivity contribution in [2.45, 2.75) is 104 Å². The van der Waals surface area contributed by atoms with Gasteiger partial charge in [-0.3, -0.25) is 0 Å². The maximum absolute atomic E-state index is 13.6. The second-order valence-electron chi connectivity index (χ2n) is 7.65. The van der Waals surface area contributed by atoms with Crippen LogP contribution in [0.4, 0.5) is 0 Å². The topological polar surface area (TPSA) is 38.3 Å². The molecule has 0 aliphatic carbocycles. The lowest BCUT2D eigenvalue weighted by atomic mass is 10.1. The summed E-state index contributed by atoms with van der Waals surface area (Å²) in [5.41, 5.74) is 0.692. The molecular weight excluding hydrogens is 341 g/mol. The van der Waals surface area contributed by atoms with Gasteiger partial charge in [0, 0.05) is 24.7 Å². The standard InChI is InChI=1S/C22H42NO2P/c1-3-5-7-9-11-13-15-19-26(24,22-21-23-17-18-25-22)20-16-14-12-10-8-6-4-2/h17-18,21,23H,3-16,19-20H2,1-2H3. The van der Waals surface area contributed by atoms with E-state index in [9.17, 15) is 4.57 Å². The molecule has 0 saturated heterocycles. The molecule has 3 nitrogen and oxygen atoms in total. The molecule has 0 unspecified atom stereocenters. The SMILES string of the molecule is CCCCCCCCCP(=O)(CCCCCCCCC)C1=CNC=CO1. The molecule has 152 valence electrons. The van der Waals surface area contributed by atoms with Crippen LogP contribution in [0.3, 0.4) is 0 Å². The summed E-state index contributed by atoms with van der Waals surface area (Å²) in [6.07, 6.45) is 24.4. The van der Waals surface area contributed by atoms with E-state index >= 15 is 0 Å². The Bertz CT molecular complexity index is 423. The molecule has 1 aliphatic heterocycles. The second kappa shape index (κ2) is 15.4. The zero-order valence-corrected chi connectivity index (χ0v) is 18.2. The molecule has 1 heterocycles. The van der Waals surface area contributed by atoms with Crippen LogP contribution in [0.15, 0.2) is 24.2 Å². The fourth-order valence-corrected chi connectivity index (χ4v) is 6.19. The number of rotatable bonds is 17. The van der Waals surface area contributed by atoms with E-state index in [1.807, 2.05) is 6.20 Å². The number of hydrogen-bond donors (Lipinski definition) is 1. The van der Waals surface area contributed by atoms with Crippen LogP contribution in [0.25, 0.3) is 0 Å². The third-order valence-corrected chi connectivity index (χ3v) is 8.32. The lowest BCUT2D eigenvalue weighted by Crippen LogP contribution is -2.08. The van der Waals surface area contributed by atoms with Gasteiger partial charge in [-0.15, -0.1) is 0 Å². The minimum atomic E-state index is -2.39. The van der Waals surface area contributed by atoms with E-state index in [4.69, 9.17) is 4.74 Å². The van der Waals surface area contributed by atoms with Crippen molar-refractivity contribution in [1.82, 2.24) is 5.32 Å². The van der Waals surface area contributed by atoms with Crippen molar-refractivity contribution in [2.24, 2.45) is 0 Å². The summed E-state index contributed by atoms with van der Waals surface area (Å²) >= 11 is 0. The molecule has 0 spiro atoms. The van der Waals surface area contributed by atoms with E-state index in [-0.39, 0.29) is 0 Å². The molecule has 0 bridgehead atoms. The first kappa shape index (κ1) is 23.3. The highest BCUT2D eigenvalue weighted by atomic mass is 31.2. The number of ether oxygens (including phenoxy) is 1. The summed E-state index contributed by atoms with van der Waals surface area (Å²) in [6, 6.07) is 0. The van der Waals surface area contributed by atoms with Crippen molar-refractivity contribution >= 4 is 7.14 Å². The van der Waals surface area contributed by atoms with Crippen LogP contribution in [0.5, 0.6) is 0 Å². The smallest absolute Gasteiger partial charge is 0.178 e. The van der Waals surface area contributed by atoms with Crippen LogP contribution in [-0.4, -0.2) is 12.3 Å². The van der Waals surface area contributed by atoms with E-state index in [1.54, 1.807) is 12.5 Å². The summed E-state index contributed by atoms with van der Waals surface area (Å²) in [5, 5.41) is 3.05. The van der Waals surface area contributed by atoms with Gasteiger partial charge in [-0.2, -0.15) is 0 Å². The van der Waals surface area contributed by atoms with Gasteiger partial charge >= 0.3 is 0 Å². The highest BCUT2D eigenvalue weighted by molar-refractivity contribution is 7.67. The number of unbranched alkanes of at least 4 members (excludes halogenated alkanes) is 12. The third kappa shape index (κ3) is 10.5. The monoisotopic (exact) mass is 383 g/mol. The molecule has 4 heteroatoms. The van der Waals surface area contributed by atoms with E-state index in [2.05, 4.69) is 19.2 Å². The molecule has 0 amide bonds. The minimum Gasteiger partial charge on any atom is -0.458 e. The van der Waals surface area contributed by atoms with Crippen LogP contribution in [0.2, 0.25) is 0 Å². The summed E-state index contributed by atoms with van der Waals surface area (Å²) in [7, 11) is -2.39. The molecule has 1 aliphatic rings. The number of hydrogen-bond acceptors (Lipinski definition) is 3. The molecule has 0 radical (unpaired) electrons. The molecule has 26 heavy (non-hydrogen) atoms. The largest absolute Gasteiger partial charge is 0.458 e. The van der Waals surface area contributed by atoms with Gasteiger partial charge in [-0.25, -0.2) is 0 Å². The van der Waals surface area contributed by atoms with Crippen molar-refractivity contribution in [3.63, 3.8) is 0 Å². The molecule has 0 saturated carbocycles. The van der Waals surface area contributed by atoms with E-state index in [0.717, 1.165) is 25.2 Å². The summed E-state index contributed by atoms with van der Waals surface area (Å²) in [5.74, 6) is 0. The second-order valence-corrected chi connectivity index (χ2v) is 10.8. The first-order valence-corrected chi connectivity index (χ1v) is 13.2. The van der Waals surface area contributed by atoms with Gasteiger partial charge in [-0.1, -0.05) is 90.9 Å². The Hall–Kier alpha value is -0.690. The summed E-state index contributed by atoms with van der Waals surface area (Å²) in [6.45, 7) is 4.50. The highest BCUT2D eigenvalue weighted by Gasteiger charge is 2.28. The van der Waals surface area contributed by atoms with Crippen molar-refractivity contribution in [2.75, 3.05) is 12.3 Å². The predicted molar refractivity (Wildman–Crippen MR) is 115 cm³/mol. The van der Waals surface area contributed by atoms with Gasteiger partial charge in [0.25, 0.3) is 0 Å². The van der Waals surface area contributed by atoms with Crippen LogP contribution in [-0.2, 0) is 9.30 Å². The lowest BCUT2D eigenvalue weighted by molar-refractivity contribution is 0.363. The fourth-order valence-electron chi connectivity index (χ4n) is 3.49. The predicted octanol–water partition coefficient (Wildman–Crippen LogP) is 7.74. The normalized spacial score (nSPS) is 14.0. The molecule has 0 aromatic heterocycles. The fraction of sp³-hybridized carbons (Fsp3) is 0.818. The quantitative estimate of drug-likeness (QED) is 0.206. The maximum Gasteiger partial charge on any atom is 0.178 e. The van der Waals surface area contributed by atoms with Crippen molar-refractivity contribution in [3.05, 3.63) is 24.2 Å². The number of nitrogens with one attached hydrogen (secondary N) is 1. The average molecular weight is 384 g/mol. The van der Waals surface area contributed by atoms with Crippen LogP contribution >= 0.6 is 7.14 Å². The minimum absolute atomic E-state index is 0.692. The molecule has 1 rings (SSSR count). The molecule has 1 N–H and O–H groups in total. The van der Waals surface area contributed by atoms with Crippen molar-refractivity contribution in [1.29, 1.82) is 0 Å². The van der Waals surface area contributed by atoms with Gasteiger partial charge in [0.2, 0.25) is 0 Å². The Labute approximate surface area is 162 Å². The van der Waals surface area contributed by atoms with Gasteiger partial charge < -0.3 is 14.6 Å².